The van der Waals surface area contributed by atoms with Gasteiger partial charge in [-0.1, -0.05) is 31.4 Å². The Kier molecular flexibility index (Phi) is 3.77. The Morgan fingerprint density at radius 2 is 2.47 bits per heavy atom. The molecule has 2 rings (SSSR count). The Bertz CT molecular complexity index is 439. The maximum Gasteiger partial charge on any atom is 0.107 e. The SMILES string of the molecule is CC1CCCC(C#N)(C(O)c2cc(Cl)cs2)C1. The summed E-state index contributed by atoms with van der Waals surface area (Å²) in [6.45, 7) is 2.15. The van der Waals surface area contributed by atoms with Crippen molar-refractivity contribution in [1.29, 1.82) is 5.26 Å². The van der Waals surface area contributed by atoms with E-state index < -0.39 is 11.5 Å². The van der Waals surface area contributed by atoms with Crippen LogP contribution in [0.25, 0.3) is 0 Å². The predicted octanol–water partition coefficient (Wildman–Crippen LogP) is 4.15. The molecule has 0 amide bonds. The molecule has 1 N–H and O–H groups in total. The second kappa shape index (κ2) is 4.97. The van der Waals surface area contributed by atoms with Crippen molar-refractivity contribution >= 4 is 22.9 Å². The minimum Gasteiger partial charge on any atom is -0.386 e. The van der Waals surface area contributed by atoms with Gasteiger partial charge >= 0.3 is 0 Å². The number of aliphatic hydroxyl groups is 1. The second-order valence-corrected chi connectivity index (χ2v) is 6.42. The molecule has 4 heteroatoms. The zero-order valence-electron chi connectivity index (χ0n) is 9.82. The number of thiophene rings is 1. The molecule has 1 aromatic rings. The maximum absolute atomic E-state index is 10.5. The molecule has 0 saturated heterocycles. The predicted molar refractivity (Wildman–Crippen MR) is 70.0 cm³/mol. The third kappa shape index (κ3) is 2.49. The van der Waals surface area contributed by atoms with Gasteiger partial charge in [-0.05, 0) is 24.8 Å². The van der Waals surface area contributed by atoms with Crippen LogP contribution in [0.15, 0.2) is 11.4 Å². The van der Waals surface area contributed by atoms with Crippen LogP contribution in [0.2, 0.25) is 5.02 Å². The minimum absolute atomic E-state index is 0.508. The Hall–Kier alpha value is -0.560. The molecule has 1 fully saturated rings. The van der Waals surface area contributed by atoms with Crippen molar-refractivity contribution in [3.63, 3.8) is 0 Å². The number of aliphatic hydroxyl groups excluding tert-OH is 1. The summed E-state index contributed by atoms with van der Waals surface area (Å²) in [5, 5.41) is 22.4. The fourth-order valence-electron chi connectivity index (χ4n) is 2.75. The third-order valence-electron chi connectivity index (χ3n) is 3.64. The molecule has 1 saturated carbocycles. The van der Waals surface area contributed by atoms with Crippen LogP contribution in [0.3, 0.4) is 0 Å². The Labute approximate surface area is 111 Å². The van der Waals surface area contributed by atoms with Crippen molar-refractivity contribution in [1.82, 2.24) is 0 Å². The van der Waals surface area contributed by atoms with Crippen LogP contribution in [-0.4, -0.2) is 5.11 Å². The van der Waals surface area contributed by atoms with Crippen LogP contribution in [0, 0.1) is 22.7 Å². The van der Waals surface area contributed by atoms with Gasteiger partial charge in [0.25, 0.3) is 0 Å². The molecular formula is C13H16ClNOS. The van der Waals surface area contributed by atoms with E-state index in [1.807, 2.05) is 0 Å². The fraction of sp³-hybridized carbons (Fsp3) is 0.615. The lowest BCUT2D eigenvalue weighted by Crippen LogP contribution is -2.32. The van der Waals surface area contributed by atoms with Gasteiger partial charge in [0.15, 0.2) is 0 Å². The average Bonchev–Trinajstić information content (AvgIpc) is 2.74. The lowest BCUT2D eigenvalue weighted by atomic mass is 9.67. The van der Waals surface area contributed by atoms with Crippen LogP contribution in [0.1, 0.15) is 43.6 Å². The molecule has 2 nitrogen and oxygen atoms in total. The van der Waals surface area contributed by atoms with Crippen molar-refractivity contribution in [2.45, 2.75) is 38.7 Å². The van der Waals surface area contributed by atoms with E-state index in [-0.39, 0.29) is 0 Å². The summed E-state index contributed by atoms with van der Waals surface area (Å²) in [6, 6.07) is 4.14. The molecule has 1 aliphatic carbocycles. The first kappa shape index (κ1) is 12.9. The van der Waals surface area contributed by atoms with Crippen LogP contribution >= 0.6 is 22.9 Å². The molecule has 3 unspecified atom stereocenters. The number of hydrogen-bond acceptors (Lipinski definition) is 3. The number of nitrogens with zero attached hydrogens (tertiary/aromatic N) is 1. The molecule has 3 atom stereocenters. The van der Waals surface area contributed by atoms with Crippen molar-refractivity contribution in [2.75, 3.05) is 0 Å². The molecule has 1 aromatic heterocycles. The van der Waals surface area contributed by atoms with E-state index in [1.165, 1.54) is 11.3 Å². The lowest BCUT2D eigenvalue weighted by Gasteiger charge is -2.37. The quantitative estimate of drug-likeness (QED) is 0.876. The highest BCUT2D eigenvalue weighted by Crippen LogP contribution is 2.48. The van der Waals surface area contributed by atoms with Gasteiger partial charge in [0.2, 0.25) is 0 Å². The topological polar surface area (TPSA) is 44.0 Å². The molecule has 0 radical (unpaired) electrons. The molecular weight excluding hydrogens is 254 g/mol. The van der Waals surface area contributed by atoms with Gasteiger partial charge in [0.1, 0.15) is 6.10 Å². The summed E-state index contributed by atoms with van der Waals surface area (Å²) in [7, 11) is 0. The normalized spacial score (nSPS) is 30.8. The van der Waals surface area contributed by atoms with Gasteiger partial charge in [-0.3, -0.25) is 0 Å². The molecule has 0 aliphatic heterocycles. The Morgan fingerprint density at radius 1 is 1.71 bits per heavy atom. The highest BCUT2D eigenvalue weighted by atomic mass is 35.5. The summed E-state index contributed by atoms with van der Waals surface area (Å²) in [4.78, 5) is 0.811. The van der Waals surface area contributed by atoms with Crippen LogP contribution in [-0.2, 0) is 0 Å². The van der Waals surface area contributed by atoms with Gasteiger partial charge in [0.05, 0.1) is 16.5 Å². The van der Waals surface area contributed by atoms with Gasteiger partial charge in [0, 0.05) is 10.3 Å². The molecule has 0 aromatic carbocycles. The minimum atomic E-state index is -0.701. The third-order valence-corrected chi connectivity index (χ3v) is 4.97. The van der Waals surface area contributed by atoms with Crippen molar-refractivity contribution in [2.24, 2.45) is 11.3 Å². The zero-order chi connectivity index (χ0) is 12.5. The van der Waals surface area contributed by atoms with E-state index in [0.29, 0.717) is 10.9 Å². The van der Waals surface area contributed by atoms with E-state index in [1.54, 1.807) is 11.4 Å². The van der Waals surface area contributed by atoms with Gasteiger partial charge < -0.3 is 5.11 Å². The smallest absolute Gasteiger partial charge is 0.107 e. The summed E-state index contributed by atoms with van der Waals surface area (Å²) >= 11 is 7.31. The van der Waals surface area contributed by atoms with Gasteiger partial charge in [-0.2, -0.15) is 5.26 Å². The van der Waals surface area contributed by atoms with E-state index >= 15 is 0 Å². The highest BCUT2D eigenvalue weighted by Gasteiger charge is 2.42. The van der Waals surface area contributed by atoms with Gasteiger partial charge in [-0.15, -0.1) is 11.3 Å². The molecule has 17 heavy (non-hydrogen) atoms. The van der Waals surface area contributed by atoms with E-state index in [9.17, 15) is 10.4 Å². The van der Waals surface area contributed by atoms with Gasteiger partial charge in [-0.25, -0.2) is 0 Å². The van der Waals surface area contributed by atoms with Crippen LogP contribution < -0.4 is 0 Å². The Morgan fingerprint density at radius 3 is 3.00 bits per heavy atom. The van der Waals surface area contributed by atoms with E-state index in [0.717, 1.165) is 30.6 Å². The first-order valence-corrected chi connectivity index (χ1v) is 7.16. The summed E-state index contributed by atoms with van der Waals surface area (Å²) < 4.78 is 0. The number of rotatable bonds is 2. The monoisotopic (exact) mass is 269 g/mol. The molecule has 1 heterocycles. The average molecular weight is 270 g/mol. The maximum atomic E-state index is 10.5. The van der Waals surface area contributed by atoms with Crippen LogP contribution in [0.5, 0.6) is 0 Å². The second-order valence-electron chi connectivity index (χ2n) is 5.04. The molecule has 0 spiro atoms. The van der Waals surface area contributed by atoms with Crippen LogP contribution in [0.4, 0.5) is 0 Å². The summed E-state index contributed by atoms with van der Waals surface area (Å²) in [5.41, 5.74) is -0.619. The van der Waals surface area contributed by atoms with Crippen molar-refractivity contribution < 1.29 is 5.11 Å². The van der Waals surface area contributed by atoms with Crippen molar-refractivity contribution in [3.05, 3.63) is 21.3 Å². The summed E-state index contributed by atoms with van der Waals surface area (Å²) in [5.74, 6) is 0.508. The molecule has 92 valence electrons. The first-order valence-electron chi connectivity index (χ1n) is 5.90. The summed E-state index contributed by atoms with van der Waals surface area (Å²) in [6.07, 6.45) is 3.03. The number of hydrogen-bond donors (Lipinski definition) is 1. The fourth-order valence-corrected chi connectivity index (χ4v) is 3.93. The van der Waals surface area contributed by atoms with E-state index in [4.69, 9.17) is 11.6 Å². The van der Waals surface area contributed by atoms with E-state index in [2.05, 4.69) is 13.0 Å². The number of halogens is 1. The largest absolute Gasteiger partial charge is 0.386 e. The first-order chi connectivity index (χ1) is 8.07. The standard InChI is InChI=1S/C13H16ClNOS/c1-9-3-2-4-13(6-9,8-15)12(16)11-5-10(14)7-17-11/h5,7,9,12,16H,2-4,6H2,1H3. The lowest BCUT2D eigenvalue weighted by molar-refractivity contribution is 0.0244. The number of nitriles is 1. The highest BCUT2D eigenvalue weighted by molar-refractivity contribution is 7.10. The molecule has 0 bridgehead atoms. The van der Waals surface area contributed by atoms with Crippen molar-refractivity contribution in [3.8, 4) is 6.07 Å². The Balaban J connectivity index is 2.26. The zero-order valence-corrected chi connectivity index (χ0v) is 11.4. The molecule has 1 aliphatic rings.